The summed E-state index contributed by atoms with van der Waals surface area (Å²) in [4.78, 5) is 0. The minimum Gasteiger partial charge on any atom is -0.313 e. The van der Waals surface area contributed by atoms with Crippen LogP contribution in [0.4, 0.5) is 0 Å². The van der Waals surface area contributed by atoms with Crippen molar-refractivity contribution in [1.29, 1.82) is 0 Å². The highest BCUT2D eigenvalue weighted by atomic mass is 15.3. The molecule has 0 spiro atoms. The van der Waals surface area contributed by atoms with Gasteiger partial charge in [0.05, 0.1) is 6.54 Å². The molecule has 0 aliphatic rings. The van der Waals surface area contributed by atoms with E-state index in [1.54, 1.807) is 6.20 Å². The molecule has 0 saturated heterocycles. The van der Waals surface area contributed by atoms with Gasteiger partial charge in [-0.1, -0.05) is 31.2 Å². The van der Waals surface area contributed by atoms with Gasteiger partial charge in [0.25, 0.3) is 0 Å². The molecule has 3 nitrogen and oxygen atoms in total. The first-order chi connectivity index (χ1) is 7.88. The van der Waals surface area contributed by atoms with Gasteiger partial charge in [-0.2, -0.15) is 5.10 Å². The molecule has 0 unspecified atom stereocenters. The van der Waals surface area contributed by atoms with Gasteiger partial charge in [0.15, 0.2) is 0 Å². The largest absolute Gasteiger partial charge is 0.313 e. The molecule has 1 N–H and O–H groups in total. The second-order valence-electron chi connectivity index (χ2n) is 3.80. The van der Waals surface area contributed by atoms with Crippen LogP contribution in [0.1, 0.15) is 18.1 Å². The fourth-order valence-electron chi connectivity index (χ4n) is 1.61. The van der Waals surface area contributed by atoms with Crippen molar-refractivity contribution >= 4 is 0 Å². The Hall–Kier alpha value is -1.61. The number of hydrogen-bond donors (Lipinski definition) is 1. The van der Waals surface area contributed by atoms with E-state index in [9.17, 15) is 0 Å². The van der Waals surface area contributed by atoms with Crippen molar-refractivity contribution in [3.63, 3.8) is 0 Å². The summed E-state index contributed by atoms with van der Waals surface area (Å²) in [5.41, 5.74) is 2.61. The number of nitrogens with zero attached hydrogens (tertiary/aromatic N) is 2. The van der Waals surface area contributed by atoms with E-state index in [1.165, 1.54) is 11.1 Å². The summed E-state index contributed by atoms with van der Waals surface area (Å²) < 4.78 is 1.93. The summed E-state index contributed by atoms with van der Waals surface area (Å²) in [7, 11) is 0. The zero-order chi connectivity index (χ0) is 11.2. The standard InChI is InChI=1S/C13H17N3/c1-2-14-10-12-4-6-13(7-5-12)11-16-9-3-8-15-16/h3-9,14H,2,10-11H2,1H3. The van der Waals surface area contributed by atoms with E-state index >= 15 is 0 Å². The maximum atomic E-state index is 4.19. The molecular weight excluding hydrogens is 198 g/mol. The highest BCUT2D eigenvalue weighted by Gasteiger charge is 1.96. The Kier molecular flexibility index (Phi) is 3.72. The molecule has 0 radical (unpaired) electrons. The molecular formula is C13H17N3. The number of hydrogen-bond acceptors (Lipinski definition) is 2. The van der Waals surface area contributed by atoms with Gasteiger partial charge in [-0.25, -0.2) is 0 Å². The molecule has 16 heavy (non-hydrogen) atoms. The summed E-state index contributed by atoms with van der Waals surface area (Å²) >= 11 is 0. The Balaban J connectivity index is 1.96. The summed E-state index contributed by atoms with van der Waals surface area (Å²) in [5.74, 6) is 0. The van der Waals surface area contributed by atoms with Gasteiger partial charge >= 0.3 is 0 Å². The number of nitrogens with one attached hydrogen (secondary N) is 1. The van der Waals surface area contributed by atoms with E-state index in [-0.39, 0.29) is 0 Å². The molecule has 0 saturated carbocycles. The number of benzene rings is 1. The lowest BCUT2D eigenvalue weighted by molar-refractivity contribution is 0.685. The van der Waals surface area contributed by atoms with Crippen LogP contribution in [0.3, 0.4) is 0 Å². The molecule has 1 heterocycles. The van der Waals surface area contributed by atoms with Crippen molar-refractivity contribution in [3.05, 3.63) is 53.9 Å². The van der Waals surface area contributed by atoms with Gasteiger partial charge in [-0.3, -0.25) is 4.68 Å². The maximum Gasteiger partial charge on any atom is 0.0659 e. The van der Waals surface area contributed by atoms with Gasteiger partial charge < -0.3 is 5.32 Å². The molecule has 1 aromatic carbocycles. The zero-order valence-electron chi connectivity index (χ0n) is 9.56. The van der Waals surface area contributed by atoms with Crippen LogP contribution in [-0.2, 0) is 13.1 Å². The lowest BCUT2D eigenvalue weighted by Gasteiger charge is -2.05. The van der Waals surface area contributed by atoms with Gasteiger partial charge in [-0.15, -0.1) is 0 Å². The Bertz CT molecular complexity index is 403. The molecule has 1 aromatic heterocycles. The zero-order valence-corrected chi connectivity index (χ0v) is 9.56. The van der Waals surface area contributed by atoms with Crippen molar-refractivity contribution in [1.82, 2.24) is 15.1 Å². The topological polar surface area (TPSA) is 29.9 Å². The SMILES string of the molecule is CCNCc1ccc(Cn2cccn2)cc1. The van der Waals surface area contributed by atoms with Crippen LogP contribution >= 0.6 is 0 Å². The third-order valence-corrected chi connectivity index (χ3v) is 2.51. The molecule has 0 atom stereocenters. The van der Waals surface area contributed by atoms with Gasteiger partial charge in [0.1, 0.15) is 0 Å². The fraction of sp³-hybridized carbons (Fsp3) is 0.308. The third kappa shape index (κ3) is 2.94. The Morgan fingerprint density at radius 1 is 1.19 bits per heavy atom. The van der Waals surface area contributed by atoms with Crippen LogP contribution in [-0.4, -0.2) is 16.3 Å². The Morgan fingerprint density at radius 2 is 1.94 bits per heavy atom. The maximum absolute atomic E-state index is 4.19. The Labute approximate surface area is 96.1 Å². The first-order valence-corrected chi connectivity index (χ1v) is 5.64. The average Bonchev–Trinajstić information content (AvgIpc) is 2.81. The molecule has 2 rings (SSSR count). The fourth-order valence-corrected chi connectivity index (χ4v) is 1.61. The molecule has 0 aliphatic carbocycles. The summed E-state index contributed by atoms with van der Waals surface area (Å²) in [6.07, 6.45) is 3.78. The van der Waals surface area contributed by atoms with E-state index < -0.39 is 0 Å². The van der Waals surface area contributed by atoms with E-state index in [4.69, 9.17) is 0 Å². The van der Waals surface area contributed by atoms with Crippen molar-refractivity contribution < 1.29 is 0 Å². The van der Waals surface area contributed by atoms with Crippen molar-refractivity contribution in [2.75, 3.05) is 6.54 Å². The molecule has 84 valence electrons. The summed E-state index contributed by atoms with van der Waals surface area (Å²) in [6, 6.07) is 10.6. The molecule has 0 bridgehead atoms. The van der Waals surface area contributed by atoms with Crippen LogP contribution in [0.2, 0.25) is 0 Å². The van der Waals surface area contributed by atoms with Gasteiger partial charge in [0, 0.05) is 18.9 Å². The second kappa shape index (κ2) is 5.47. The van der Waals surface area contributed by atoms with E-state index in [2.05, 4.69) is 41.6 Å². The monoisotopic (exact) mass is 215 g/mol. The molecule has 0 aliphatic heterocycles. The van der Waals surface area contributed by atoms with E-state index in [0.29, 0.717) is 0 Å². The lowest BCUT2D eigenvalue weighted by Crippen LogP contribution is -2.11. The highest BCUT2D eigenvalue weighted by molar-refractivity contribution is 5.22. The summed E-state index contributed by atoms with van der Waals surface area (Å²) in [5, 5.41) is 7.50. The molecule has 0 amide bonds. The van der Waals surface area contributed by atoms with Crippen LogP contribution < -0.4 is 5.32 Å². The van der Waals surface area contributed by atoms with Crippen molar-refractivity contribution in [3.8, 4) is 0 Å². The Morgan fingerprint density at radius 3 is 2.56 bits per heavy atom. The predicted octanol–water partition coefficient (Wildman–Crippen LogP) is 2.04. The lowest BCUT2D eigenvalue weighted by atomic mass is 10.1. The van der Waals surface area contributed by atoms with Gasteiger partial charge in [-0.05, 0) is 23.7 Å². The van der Waals surface area contributed by atoms with Gasteiger partial charge in [0.2, 0.25) is 0 Å². The first-order valence-electron chi connectivity index (χ1n) is 5.64. The van der Waals surface area contributed by atoms with Crippen molar-refractivity contribution in [2.24, 2.45) is 0 Å². The van der Waals surface area contributed by atoms with Crippen LogP contribution in [0, 0.1) is 0 Å². The van der Waals surface area contributed by atoms with Crippen molar-refractivity contribution in [2.45, 2.75) is 20.0 Å². The minimum atomic E-state index is 0.842. The second-order valence-corrected chi connectivity index (χ2v) is 3.80. The smallest absolute Gasteiger partial charge is 0.0659 e. The summed E-state index contributed by atoms with van der Waals surface area (Å²) in [6.45, 7) is 4.91. The first kappa shape index (κ1) is 10.9. The van der Waals surface area contributed by atoms with Crippen LogP contribution in [0.25, 0.3) is 0 Å². The molecule has 3 heteroatoms. The molecule has 2 aromatic rings. The predicted molar refractivity (Wildman–Crippen MR) is 65.2 cm³/mol. The highest BCUT2D eigenvalue weighted by Crippen LogP contribution is 2.05. The molecule has 0 fully saturated rings. The number of rotatable bonds is 5. The quantitative estimate of drug-likeness (QED) is 0.827. The van der Waals surface area contributed by atoms with Crippen LogP contribution in [0.5, 0.6) is 0 Å². The van der Waals surface area contributed by atoms with Crippen LogP contribution in [0.15, 0.2) is 42.7 Å². The normalized spacial score (nSPS) is 10.6. The van der Waals surface area contributed by atoms with E-state index in [0.717, 1.165) is 19.6 Å². The third-order valence-electron chi connectivity index (χ3n) is 2.51. The minimum absolute atomic E-state index is 0.842. The number of aromatic nitrogens is 2. The van der Waals surface area contributed by atoms with E-state index in [1.807, 2.05) is 16.9 Å². The average molecular weight is 215 g/mol.